The van der Waals surface area contributed by atoms with Crippen molar-refractivity contribution in [2.24, 2.45) is 4.99 Å². The number of benzene rings is 2. The molecule has 142 valence electrons. The van der Waals surface area contributed by atoms with Gasteiger partial charge in [0.05, 0.1) is 17.4 Å². The average molecular weight is 394 g/mol. The van der Waals surface area contributed by atoms with E-state index >= 15 is 0 Å². The van der Waals surface area contributed by atoms with Gasteiger partial charge in [-0.15, -0.1) is 0 Å². The number of methoxy groups -OCH3 is 1. The van der Waals surface area contributed by atoms with Gasteiger partial charge < -0.3 is 9.30 Å². The molecule has 0 aliphatic carbocycles. The van der Waals surface area contributed by atoms with E-state index in [-0.39, 0.29) is 5.56 Å². The minimum Gasteiger partial charge on any atom is -0.495 e. The molecular weight excluding hydrogens is 377 g/mol. The van der Waals surface area contributed by atoms with Crippen LogP contribution in [-0.4, -0.2) is 17.6 Å². The van der Waals surface area contributed by atoms with Gasteiger partial charge in [-0.1, -0.05) is 23.5 Å². The minimum atomic E-state index is -4.51. The maximum Gasteiger partial charge on any atom is 0.416 e. The van der Waals surface area contributed by atoms with Crippen LogP contribution in [0.3, 0.4) is 0 Å². The van der Waals surface area contributed by atoms with Crippen LogP contribution in [0.5, 0.6) is 5.75 Å². The van der Waals surface area contributed by atoms with Gasteiger partial charge in [-0.05, 0) is 43.7 Å². The lowest BCUT2D eigenvalue weighted by molar-refractivity contribution is -0.137. The monoisotopic (exact) mass is 394 g/mol. The lowest BCUT2D eigenvalue weighted by atomic mass is 10.1. The molecule has 0 aliphatic rings. The van der Waals surface area contributed by atoms with Crippen molar-refractivity contribution >= 4 is 27.5 Å². The van der Waals surface area contributed by atoms with Gasteiger partial charge in [-0.2, -0.15) is 18.2 Å². The van der Waals surface area contributed by atoms with Gasteiger partial charge in [0.2, 0.25) is 0 Å². The maximum atomic E-state index is 12.9. The van der Waals surface area contributed by atoms with E-state index in [4.69, 9.17) is 4.74 Å². The van der Waals surface area contributed by atoms with E-state index in [1.807, 2.05) is 30.5 Å². The molecule has 0 spiro atoms. The number of rotatable bonds is 3. The Balaban J connectivity index is 2.16. The number of carbonyl (C=O) groups excluding carboxylic acids is 1. The van der Waals surface area contributed by atoms with Crippen LogP contribution in [0.2, 0.25) is 0 Å². The number of amides is 1. The molecule has 0 fully saturated rings. The van der Waals surface area contributed by atoms with Gasteiger partial charge in [-0.3, -0.25) is 4.79 Å². The fraction of sp³-hybridized carbons (Fsp3) is 0.263. The van der Waals surface area contributed by atoms with Crippen LogP contribution in [0.25, 0.3) is 10.2 Å². The van der Waals surface area contributed by atoms with Gasteiger partial charge in [0.1, 0.15) is 11.3 Å². The number of aryl methyl sites for hydroxylation is 2. The number of fused-ring (bicyclic) bond motifs is 1. The van der Waals surface area contributed by atoms with Crippen molar-refractivity contribution in [3.63, 3.8) is 0 Å². The van der Waals surface area contributed by atoms with Crippen molar-refractivity contribution in [3.8, 4) is 5.75 Å². The Hall–Kier alpha value is -2.61. The molecule has 0 radical (unpaired) electrons. The molecule has 0 saturated carbocycles. The fourth-order valence-corrected chi connectivity index (χ4v) is 3.98. The third-order valence-corrected chi connectivity index (χ3v) is 5.37. The van der Waals surface area contributed by atoms with Crippen LogP contribution in [0.4, 0.5) is 13.2 Å². The molecule has 0 aliphatic heterocycles. The Morgan fingerprint density at radius 3 is 2.63 bits per heavy atom. The number of halogens is 3. The van der Waals surface area contributed by atoms with Gasteiger partial charge in [0.25, 0.3) is 5.91 Å². The van der Waals surface area contributed by atoms with Gasteiger partial charge >= 0.3 is 6.18 Å². The van der Waals surface area contributed by atoms with E-state index in [1.54, 1.807) is 7.11 Å². The largest absolute Gasteiger partial charge is 0.495 e. The van der Waals surface area contributed by atoms with Crippen LogP contribution in [0.1, 0.15) is 28.4 Å². The molecule has 0 bridgehead atoms. The molecule has 0 atom stereocenters. The van der Waals surface area contributed by atoms with E-state index in [0.29, 0.717) is 17.1 Å². The summed E-state index contributed by atoms with van der Waals surface area (Å²) >= 11 is 1.31. The molecule has 3 rings (SSSR count). The van der Waals surface area contributed by atoms with Crippen molar-refractivity contribution in [3.05, 3.63) is 57.9 Å². The number of ether oxygens (including phenoxy) is 1. The zero-order valence-electron chi connectivity index (χ0n) is 14.9. The summed E-state index contributed by atoms with van der Waals surface area (Å²) in [5.74, 6) is -0.0619. The first-order chi connectivity index (χ1) is 12.8. The Kier molecular flexibility index (Phi) is 5.10. The summed E-state index contributed by atoms with van der Waals surface area (Å²) < 4.78 is 46.8. The average Bonchev–Trinajstić information content (AvgIpc) is 3.00. The summed E-state index contributed by atoms with van der Waals surface area (Å²) in [6.07, 6.45) is -4.51. The Bertz CT molecular complexity index is 1080. The molecule has 4 nitrogen and oxygen atoms in total. The first-order valence-electron chi connectivity index (χ1n) is 8.19. The molecule has 1 amide bonds. The highest BCUT2D eigenvalue weighted by Gasteiger charge is 2.30. The lowest BCUT2D eigenvalue weighted by Gasteiger charge is -2.07. The van der Waals surface area contributed by atoms with Crippen molar-refractivity contribution < 1.29 is 22.7 Å². The quantitative estimate of drug-likeness (QED) is 0.641. The highest BCUT2D eigenvalue weighted by molar-refractivity contribution is 7.16. The maximum absolute atomic E-state index is 12.9. The van der Waals surface area contributed by atoms with Gasteiger partial charge in [0, 0.05) is 12.1 Å². The van der Waals surface area contributed by atoms with E-state index in [2.05, 4.69) is 4.99 Å². The zero-order chi connectivity index (χ0) is 19.8. The minimum absolute atomic E-state index is 0.103. The second kappa shape index (κ2) is 7.19. The predicted octanol–water partition coefficient (Wildman–Crippen LogP) is 4.80. The van der Waals surface area contributed by atoms with E-state index in [0.717, 1.165) is 27.9 Å². The molecular formula is C19H17F3N2O2S. The third-order valence-electron chi connectivity index (χ3n) is 4.16. The Morgan fingerprint density at radius 2 is 2.00 bits per heavy atom. The first kappa shape index (κ1) is 19.2. The van der Waals surface area contributed by atoms with Gasteiger partial charge in [-0.25, -0.2) is 0 Å². The number of hydrogen-bond donors (Lipinski definition) is 0. The molecule has 0 saturated heterocycles. The molecule has 0 unspecified atom stereocenters. The molecule has 3 aromatic rings. The van der Waals surface area contributed by atoms with E-state index in [1.165, 1.54) is 23.5 Å². The SMILES string of the molecule is CCn1c(=NC(=O)c2cccc(C(F)(F)F)c2)sc2c(C)ccc(OC)c21. The second-order valence-corrected chi connectivity index (χ2v) is 6.86. The van der Waals surface area contributed by atoms with Crippen LogP contribution >= 0.6 is 11.3 Å². The number of thiazole rings is 1. The number of alkyl halides is 3. The summed E-state index contributed by atoms with van der Waals surface area (Å²) in [5, 5.41) is 0. The predicted molar refractivity (Wildman–Crippen MR) is 98.1 cm³/mol. The smallest absolute Gasteiger partial charge is 0.416 e. The summed E-state index contributed by atoms with van der Waals surface area (Å²) in [5.41, 5.74) is 0.848. The lowest BCUT2D eigenvalue weighted by Crippen LogP contribution is -2.16. The molecule has 1 heterocycles. The number of carbonyl (C=O) groups is 1. The van der Waals surface area contributed by atoms with Gasteiger partial charge in [0.15, 0.2) is 4.80 Å². The van der Waals surface area contributed by atoms with Crippen molar-refractivity contribution in [2.45, 2.75) is 26.6 Å². The standard InChI is InChI=1S/C19H17F3N2O2S/c1-4-24-15-14(26-3)9-8-11(2)16(15)27-18(24)23-17(25)12-6-5-7-13(10-12)19(20,21)22/h5-10H,4H2,1-3H3. The van der Waals surface area contributed by atoms with Crippen LogP contribution in [0.15, 0.2) is 41.4 Å². The first-order valence-corrected chi connectivity index (χ1v) is 9.01. The molecule has 1 aromatic heterocycles. The Morgan fingerprint density at radius 1 is 1.26 bits per heavy atom. The normalized spacial score (nSPS) is 12.6. The van der Waals surface area contributed by atoms with E-state index in [9.17, 15) is 18.0 Å². The van der Waals surface area contributed by atoms with Crippen molar-refractivity contribution in [1.82, 2.24) is 4.57 Å². The van der Waals surface area contributed by atoms with E-state index < -0.39 is 17.6 Å². The fourth-order valence-electron chi connectivity index (χ4n) is 2.80. The molecule has 27 heavy (non-hydrogen) atoms. The number of aromatic nitrogens is 1. The topological polar surface area (TPSA) is 43.6 Å². The molecule has 8 heteroatoms. The third kappa shape index (κ3) is 3.62. The number of nitrogens with zero attached hydrogens (tertiary/aromatic N) is 2. The second-order valence-electron chi connectivity index (χ2n) is 5.89. The van der Waals surface area contributed by atoms with Crippen molar-refractivity contribution in [2.75, 3.05) is 7.11 Å². The summed E-state index contributed by atoms with van der Waals surface area (Å²) in [6, 6.07) is 8.04. The molecule has 2 aromatic carbocycles. The van der Waals surface area contributed by atoms with Crippen LogP contribution in [0, 0.1) is 6.92 Å². The van der Waals surface area contributed by atoms with Crippen LogP contribution < -0.4 is 9.54 Å². The number of hydrogen-bond acceptors (Lipinski definition) is 3. The Labute approximate surface area is 157 Å². The van der Waals surface area contributed by atoms with Crippen molar-refractivity contribution in [1.29, 1.82) is 0 Å². The zero-order valence-corrected chi connectivity index (χ0v) is 15.7. The molecule has 0 N–H and O–H groups in total. The summed E-state index contributed by atoms with van der Waals surface area (Å²) in [4.78, 5) is 17.0. The summed E-state index contributed by atoms with van der Waals surface area (Å²) in [6.45, 7) is 4.38. The highest BCUT2D eigenvalue weighted by atomic mass is 32.1. The summed E-state index contributed by atoms with van der Waals surface area (Å²) in [7, 11) is 1.56. The van der Waals surface area contributed by atoms with Crippen LogP contribution in [-0.2, 0) is 12.7 Å². The highest BCUT2D eigenvalue weighted by Crippen LogP contribution is 2.31.